The van der Waals surface area contributed by atoms with E-state index in [0.717, 1.165) is 0 Å². The molecule has 3 aromatic rings. The van der Waals surface area contributed by atoms with Gasteiger partial charge in [0.1, 0.15) is 5.92 Å². The molecule has 0 spiro atoms. The Balaban J connectivity index is 1.89. The lowest BCUT2D eigenvalue weighted by atomic mass is 9.97. The van der Waals surface area contributed by atoms with Gasteiger partial charge in [0.05, 0.1) is 21.4 Å². The van der Waals surface area contributed by atoms with Crippen LogP contribution in [0.5, 0.6) is 0 Å². The van der Waals surface area contributed by atoms with Gasteiger partial charge in [-0.2, -0.15) is 0 Å². The van der Waals surface area contributed by atoms with Crippen molar-refractivity contribution in [3.63, 3.8) is 0 Å². The normalized spacial score (nSPS) is 10.5. The number of amides is 2. The van der Waals surface area contributed by atoms with Gasteiger partial charge in [-0.05, 0) is 29.8 Å². The number of hydrogen-bond acceptors (Lipinski definition) is 2. The number of nitrogens with one attached hydrogen (secondary N) is 2. The molecule has 0 fully saturated rings. The van der Waals surface area contributed by atoms with Crippen LogP contribution in [0.1, 0.15) is 11.5 Å². The lowest BCUT2D eigenvalue weighted by molar-refractivity contribution is -0.125. The number of para-hydroxylation sites is 2. The smallest absolute Gasteiger partial charge is 0.241 e. The molecule has 4 nitrogen and oxygen atoms in total. The molecule has 6 heteroatoms. The molecule has 0 radical (unpaired) electrons. The van der Waals surface area contributed by atoms with Crippen molar-refractivity contribution in [2.45, 2.75) is 5.92 Å². The van der Waals surface area contributed by atoms with Gasteiger partial charge in [-0.15, -0.1) is 0 Å². The molecule has 3 aromatic carbocycles. The number of benzene rings is 3. The minimum Gasteiger partial charge on any atom is -0.324 e. The molecule has 0 unspecified atom stereocenters. The van der Waals surface area contributed by atoms with Crippen LogP contribution in [0.4, 0.5) is 11.4 Å². The molecule has 0 saturated heterocycles. The number of rotatable bonds is 5. The third-order valence-electron chi connectivity index (χ3n) is 3.92. The molecule has 0 aliphatic rings. The van der Waals surface area contributed by atoms with Crippen molar-refractivity contribution in [1.29, 1.82) is 0 Å². The maximum Gasteiger partial charge on any atom is 0.241 e. The second-order valence-corrected chi connectivity index (χ2v) is 6.60. The lowest BCUT2D eigenvalue weighted by Crippen LogP contribution is -2.32. The first-order valence-electron chi connectivity index (χ1n) is 8.22. The Kier molecular flexibility index (Phi) is 6.12. The van der Waals surface area contributed by atoms with Gasteiger partial charge in [0, 0.05) is 0 Å². The van der Waals surface area contributed by atoms with Crippen molar-refractivity contribution in [1.82, 2.24) is 0 Å². The van der Waals surface area contributed by atoms with Gasteiger partial charge < -0.3 is 10.6 Å². The first-order chi connectivity index (χ1) is 13.1. The fourth-order valence-corrected chi connectivity index (χ4v) is 2.97. The number of hydrogen-bond donors (Lipinski definition) is 2. The molecular weight excluding hydrogens is 383 g/mol. The van der Waals surface area contributed by atoms with E-state index in [4.69, 9.17) is 23.2 Å². The van der Waals surface area contributed by atoms with Crippen molar-refractivity contribution in [2.24, 2.45) is 0 Å². The van der Waals surface area contributed by atoms with E-state index in [1.54, 1.807) is 72.8 Å². The molecule has 3 rings (SSSR count). The lowest BCUT2D eigenvalue weighted by Gasteiger charge is -2.18. The molecule has 2 N–H and O–H groups in total. The molecule has 0 aliphatic carbocycles. The van der Waals surface area contributed by atoms with Crippen LogP contribution in [0.3, 0.4) is 0 Å². The topological polar surface area (TPSA) is 58.2 Å². The van der Waals surface area contributed by atoms with Gasteiger partial charge in [-0.25, -0.2) is 0 Å². The van der Waals surface area contributed by atoms with Crippen LogP contribution >= 0.6 is 23.2 Å². The van der Waals surface area contributed by atoms with Crippen molar-refractivity contribution < 1.29 is 9.59 Å². The second kappa shape index (κ2) is 8.71. The summed E-state index contributed by atoms with van der Waals surface area (Å²) in [5.74, 6) is -2.04. The zero-order valence-corrected chi connectivity index (χ0v) is 15.7. The van der Waals surface area contributed by atoms with Crippen molar-refractivity contribution in [3.05, 3.63) is 94.5 Å². The Morgan fingerprint density at radius 1 is 0.630 bits per heavy atom. The summed E-state index contributed by atoms with van der Waals surface area (Å²) < 4.78 is 0. The number of carbonyl (C=O) groups excluding carboxylic acids is 2. The van der Waals surface area contributed by atoms with Crippen LogP contribution < -0.4 is 10.6 Å². The van der Waals surface area contributed by atoms with Gasteiger partial charge in [-0.1, -0.05) is 77.8 Å². The van der Waals surface area contributed by atoms with Crippen LogP contribution in [0, 0.1) is 0 Å². The Morgan fingerprint density at radius 3 is 1.48 bits per heavy atom. The average molecular weight is 399 g/mol. The second-order valence-electron chi connectivity index (χ2n) is 5.78. The molecule has 27 heavy (non-hydrogen) atoms. The maximum absolute atomic E-state index is 12.9. The molecule has 0 bridgehead atoms. The van der Waals surface area contributed by atoms with E-state index >= 15 is 0 Å². The summed E-state index contributed by atoms with van der Waals surface area (Å²) in [7, 11) is 0. The van der Waals surface area contributed by atoms with Gasteiger partial charge in [0.25, 0.3) is 0 Å². The highest BCUT2D eigenvalue weighted by Crippen LogP contribution is 2.26. The molecule has 0 atom stereocenters. The maximum atomic E-state index is 12.9. The monoisotopic (exact) mass is 398 g/mol. The van der Waals surface area contributed by atoms with Crippen LogP contribution in [0.2, 0.25) is 10.0 Å². The largest absolute Gasteiger partial charge is 0.324 e. The van der Waals surface area contributed by atoms with Gasteiger partial charge >= 0.3 is 0 Å². The summed E-state index contributed by atoms with van der Waals surface area (Å²) in [5, 5.41) is 6.24. The molecule has 2 amide bonds. The quantitative estimate of drug-likeness (QED) is 0.568. The first-order valence-corrected chi connectivity index (χ1v) is 8.97. The van der Waals surface area contributed by atoms with E-state index in [-0.39, 0.29) is 0 Å². The Morgan fingerprint density at radius 2 is 1.04 bits per heavy atom. The van der Waals surface area contributed by atoms with Crippen molar-refractivity contribution in [2.75, 3.05) is 10.6 Å². The predicted molar refractivity (Wildman–Crippen MR) is 109 cm³/mol. The minimum atomic E-state index is -1.07. The zero-order chi connectivity index (χ0) is 19.2. The van der Waals surface area contributed by atoms with E-state index in [1.807, 2.05) is 6.07 Å². The average Bonchev–Trinajstić information content (AvgIpc) is 2.66. The van der Waals surface area contributed by atoms with Crippen molar-refractivity contribution >= 4 is 46.4 Å². The molecular formula is C21H16Cl2N2O2. The Labute approximate surface area is 167 Å². The molecule has 136 valence electrons. The highest BCUT2D eigenvalue weighted by molar-refractivity contribution is 6.34. The minimum absolute atomic E-state index is 0.393. The number of halogens is 2. The Hall–Kier alpha value is -2.82. The highest BCUT2D eigenvalue weighted by atomic mass is 35.5. The number of carbonyl (C=O) groups is 2. The van der Waals surface area contributed by atoms with Gasteiger partial charge in [0.15, 0.2) is 0 Å². The SMILES string of the molecule is O=C(Nc1ccccc1Cl)C(C(=O)Nc1ccccc1Cl)c1ccccc1. The molecule has 0 aliphatic heterocycles. The van der Waals surface area contributed by atoms with E-state index < -0.39 is 17.7 Å². The standard InChI is InChI=1S/C21H16Cl2N2O2/c22-15-10-4-6-12-17(15)24-20(26)19(14-8-2-1-3-9-14)21(27)25-18-13-7-5-11-16(18)23/h1-13,19H,(H,24,26)(H,25,27). The molecule has 0 aromatic heterocycles. The fraction of sp³-hybridized carbons (Fsp3) is 0.0476. The highest BCUT2D eigenvalue weighted by Gasteiger charge is 2.29. The van der Waals surface area contributed by atoms with Crippen molar-refractivity contribution in [3.8, 4) is 0 Å². The third kappa shape index (κ3) is 4.67. The summed E-state index contributed by atoms with van der Waals surface area (Å²) in [6.07, 6.45) is 0. The van der Waals surface area contributed by atoms with Crippen LogP contribution in [0.15, 0.2) is 78.9 Å². The summed E-state index contributed by atoms with van der Waals surface area (Å²) in [4.78, 5) is 25.8. The first kappa shape index (κ1) is 19.0. The summed E-state index contributed by atoms with van der Waals surface area (Å²) in [6, 6.07) is 22.5. The Bertz CT molecular complexity index is 902. The summed E-state index contributed by atoms with van der Waals surface area (Å²) >= 11 is 12.2. The molecule has 0 heterocycles. The van der Waals surface area contributed by atoms with Crippen LogP contribution in [-0.4, -0.2) is 11.8 Å². The molecule has 0 saturated carbocycles. The van der Waals surface area contributed by atoms with E-state index in [1.165, 1.54) is 0 Å². The van der Waals surface area contributed by atoms with Gasteiger partial charge in [-0.3, -0.25) is 9.59 Å². The van der Waals surface area contributed by atoms with Crippen LogP contribution in [-0.2, 0) is 9.59 Å². The van der Waals surface area contributed by atoms with Crippen LogP contribution in [0.25, 0.3) is 0 Å². The van der Waals surface area contributed by atoms with E-state index in [0.29, 0.717) is 27.0 Å². The van der Waals surface area contributed by atoms with E-state index in [9.17, 15) is 9.59 Å². The summed E-state index contributed by atoms with van der Waals surface area (Å²) in [6.45, 7) is 0. The summed E-state index contributed by atoms with van der Waals surface area (Å²) in [5.41, 5.74) is 1.44. The zero-order valence-electron chi connectivity index (χ0n) is 14.2. The van der Waals surface area contributed by atoms with E-state index in [2.05, 4.69) is 10.6 Å². The van der Waals surface area contributed by atoms with Gasteiger partial charge in [0.2, 0.25) is 11.8 Å². The fourth-order valence-electron chi connectivity index (χ4n) is 2.60. The number of anilines is 2. The third-order valence-corrected chi connectivity index (χ3v) is 4.58. The predicted octanol–water partition coefficient (Wildman–Crippen LogP) is 5.35.